The van der Waals surface area contributed by atoms with Crippen molar-refractivity contribution in [1.29, 1.82) is 0 Å². The lowest BCUT2D eigenvalue weighted by atomic mass is 10.3. The number of nitrogens with zero attached hydrogens (tertiary/aromatic N) is 1. The van der Waals surface area contributed by atoms with E-state index in [1.165, 1.54) is 4.57 Å². The van der Waals surface area contributed by atoms with E-state index in [1.54, 1.807) is 7.05 Å². The molecule has 0 aromatic carbocycles. The van der Waals surface area contributed by atoms with Crippen molar-refractivity contribution >= 4 is 15.9 Å². The van der Waals surface area contributed by atoms with Crippen molar-refractivity contribution in [2.24, 2.45) is 7.05 Å². The highest BCUT2D eigenvalue weighted by Crippen LogP contribution is 2.41. The van der Waals surface area contributed by atoms with Gasteiger partial charge in [-0.3, -0.25) is 14.3 Å². The lowest BCUT2D eigenvalue weighted by Crippen LogP contribution is -2.31. The Morgan fingerprint density at radius 3 is 2.62 bits per heavy atom. The summed E-state index contributed by atoms with van der Waals surface area (Å²) in [4.78, 5) is 24.7. The molecule has 1 heterocycles. The maximum atomic E-state index is 11.2. The first-order valence-electron chi connectivity index (χ1n) is 4.10. The van der Waals surface area contributed by atoms with E-state index in [-0.39, 0.29) is 11.2 Å². The van der Waals surface area contributed by atoms with E-state index >= 15 is 0 Å². The van der Waals surface area contributed by atoms with Crippen LogP contribution in [0.5, 0.6) is 0 Å². The molecule has 1 aromatic rings. The zero-order valence-electron chi connectivity index (χ0n) is 7.13. The topological polar surface area (TPSA) is 54.9 Å². The normalized spacial score (nSPS) is 16.2. The summed E-state index contributed by atoms with van der Waals surface area (Å²) in [5.74, 6) is 0.384. The van der Waals surface area contributed by atoms with E-state index in [9.17, 15) is 9.59 Å². The highest BCUT2D eigenvalue weighted by Gasteiger charge is 2.29. The van der Waals surface area contributed by atoms with Crippen LogP contribution >= 0.6 is 15.9 Å². The van der Waals surface area contributed by atoms with Crippen molar-refractivity contribution in [2.45, 2.75) is 18.8 Å². The standard InChI is InChI=1S/C8H9BrN2O2/c1-11-6(4-2-3-4)5(9)7(12)10-8(11)13/h4H,2-3H2,1H3,(H,10,12,13). The Kier molecular flexibility index (Phi) is 1.91. The van der Waals surface area contributed by atoms with E-state index in [1.807, 2.05) is 0 Å². The summed E-state index contributed by atoms with van der Waals surface area (Å²) < 4.78 is 2.00. The van der Waals surface area contributed by atoms with Gasteiger partial charge in [0.15, 0.2) is 0 Å². The van der Waals surface area contributed by atoms with Gasteiger partial charge in [0.1, 0.15) is 4.47 Å². The molecule has 0 spiro atoms. The van der Waals surface area contributed by atoms with Crippen molar-refractivity contribution in [3.8, 4) is 0 Å². The molecule has 0 unspecified atom stereocenters. The summed E-state index contributed by atoms with van der Waals surface area (Å²) in [6.07, 6.45) is 2.13. The average Bonchev–Trinajstić information content (AvgIpc) is 2.85. The minimum atomic E-state index is -0.338. The Bertz CT molecular complexity index is 422. The molecule has 1 aliphatic carbocycles. The van der Waals surface area contributed by atoms with Crippen LogP contribution in [0, 0.1) is 0 Å². The number of rotatable bonds is 1. The molecule has 13 heavy (non-hydrogen) atoms. The van der Waals surface area contributed by atoms with Gasteiger partial charge in [-0.15, -0.1) is 0 Å². The Labute approximate surface area is 82.7 Å². The van der Waals surface area contributed by atoms with Crippen LogP contribution in [0.2, 0.25) is 0 Å². The fraction of sp³-hybridized carbons (Fsp3) is 0.500. The Morgan fingerprint density at radius 2 is 2.08 bits per heavy atom. The van der Waals surface area contributed by atoms with E-state index in [0.29, 0.717) is 10.4 Å². The van der Waals surface area contributed by atoms with Gasteiger partial charge in [-0.2, -0.15) is 0 Å². The van der Waals surface area contributed by atoms with Crippen LogP contribution in [-0.4, -0.2) is 9.55 Å². The molecule has 5 heteroatoms. The zero-order chi connectivity index (χ0) is 9.59. The van der Waals surface area contributed by atoms with Crippen molar-refractivity contribution in [3.05, 3.63) is 31.0 Å². The van der Waals surface area contributed by atoms with E-state index < -0.39 is 0 Å². The third-order valence-electron chi connectivity index (χ3n) is 2.27. The van der Waals surface area contributed by atoms with Gasteiger partial charge in [0, 0.05) is 18.7 Å². The van der Waals surface area contributed by atoms with Crippen molar-refractivity contribution in [1.82, 2.24) is 9.55 Å². The van der Waals surface area contributed by atoms with Crippen LogP contribution < -0.4 is 11.2 Å². The van der Waals surface area contributed by atoms with E-state index in [4.69, 9.17) is 0 Å². The SMILES string of the molecule is Cn1c(C2CC2)c(Br)c(=O)[nH]c1=O. The molecule has 1 saturated carbocycles. The first-order valence-corrected chi connectivity index (χ1v) is 4.89. The molecule has 0 radical (unpaired) electrons. The minimum Gasteiger partial charge on any atom is -0.299 e. The molecular weight excluding hydrogens is 236 g/mol. The third-order valence-corrected chi connectivity index (χ3v) is 3.04. The summed E-state index contributed by atoms with van der Waals surface area (Å²) in [5, 5.41) is 0. The quantitative estimate of drug-likeness (QED) is 0.792. The van der Waals surface area contributed by atoms with Gasteiger partial charge in [-0.25, -0.2) is 4.79 Å². The Balaban J connectivity index is 2.77. The summed E-state index contributed by atoms with van der Waals surface area (Å²) in [6, 6.07) is 0. The molecule has 4 nitrogen and oxygen atoms in total. The summed E-state index contributed by atoms with van der Waals surface area (Å²) in [6.45, 7) is 0. The van der Waals surface area contributed by atoms with Crippen LogP contribution in [0.25, 0.3) is 0 Å². The Hall–Kier alpha value is -0.840. The lowest BCUT2D eigenvalue weighted by molar-refractivity contribution is 0.724. The maximum absolute atomic E-state index is 11.2. The summed E-state index contributed by atoms with van der Waals surface area (Å²) in [7, 11) is 1.68. The van der Waals surface area contributed by atoms with Crippen LogP contribution in [0.4, 0.5) is 0 Å². The molecule has 1 fully saturated rings. The van der Waals surface area contributed by atoms with E-state index in [2.05, 4.69) is 20.9 Å². The molecule has 0 aliphatic heterocycles. The molecule has 0 bridgehead atoms. The fourth-order valence-electron chi connectivity index (χ4n) is 1.42. The molecule has 1 aromatic heterocycles. The number of aromatic amines is 1. The first kappa shape index (κ1) is 8.74. The maximum Gasteiger partial charge on any atom is 0.328 e. The zero-order valence-corrected chi connectivity index (χ0v) is 8.72. The molecular formula is C8H9BrN2O2. The minimum absolute atomic E-state index is 0.329. The average molecular weight is 245 g/mol. The monoisotopic (exact) mass is 244 g/mol. The molecule has 0 saturated heterocycles. The van der Waals surface area contributed by atoms with Gasteiger partial charge in [-0.1, -0.05) is 0 Å². The fourth-order valence-corrected chi connectivity index (χ4v) is 2.11. The molecule has 70 valence electrons. The van der Waals surface area contributed by atoms with Gasteiger partial charge in [0.2, 0.25) is 0 Å². The molecule has 0 amide bonds. The number of halogens is 1. The third kappa shape index (κ3) is 1.37. The van der Waals surface area contributed by atoms with Gasteiger partial charge in [0.25, 0.3) is 5.56 Å². The summed E-state index contributed by atoms with van der Waals surface area (Å²) in [5.41, 5.74) is 0.161. The molecule has 0 atom stereocenters. The first-order chi connectivity index (χ1) is 6.11. The van der Waals surface area contributed by atoms with Crippen LogP contribution in [-0.2, 0) is 7.05 Å². The number of hydrogen-bond donors (Lipinski definition) is 1. The highest BCUT2D eigenvalue weighted by molar-refractivity contribution is 9.10. The second-order valence-electron chi connectivity index (χ2n) is 3.29. The summed E-state index contributed by atoms with van der Waals surface area (Å²) >= 11 is 3.20. The highest BCUT2D eigenvalue weighted by atomic mass is 79.9. The Morgan fingerprint density at radius 1 is 1.46 bits per heavy atom. The van der Waals surface area contributed by atoms with E-state index in [0.717, 1.165) is 18.5 Å². The predicted octanol–water partition coefficient (Wildman–Crippen LogP) is 0.714. The lowest BCUT2D eigenvalue weighted by Gasteiger charge is -2.06. The largest absolute Gasteiger partial charge is 0.328 e. The predicted molar refractivity (Wildman–Crippen MR) is 52.0 cm³/mol. The van der Waals surface area contributed by atoms with Gasteiger partial charge in [-0.05, 0) is 28.8 Å². The van der Waals surface area contributed by atoms with Gasteiger partial charge in [0.05, 0.1) is 0 Å². The van der Waals surface area contributed by atoms with Crippen LogP contribution in [0.1, 0.15) is 24.5 Å². The van der Waals surface area contributed by atoms with Crippen LogP contribution in [0.15, 0.2) is 14.1 Å². The second kappa shape index (κ2) is 2.83. The van der Waals surface area contributed by atoms with Crippen LogP contribution in [0.3, 0.4) is 0 Å². The molecule has 2 rings (SSSR count). The number of H-pyrrole nitrogens is 1. The van der Waals surface area contributed by atoms with Gasteiger partial charge >= 0.3 is 5.69 Å². The van der Waals surface area contributed by atoms with Crippen molar-refractivity contribution in [3.63, 3.8) is 0 Å². The number of hydrogen-bond acceptors (Lipinski definition) is 2. The van der Waals surface area contributed by atoms with Crippen molar-refractivity contribution in [2.75, 3.05) is 0 Å². The van der Waals surface area contributed by atoms with Gasteiger partial charge < -0.3 is 0 Å². The second-order valence-corrected chi connectivity index (χ2v) is 4.08. The smallest absolute Gasteiger partial charge is 0.299 e. The molecule has 1 N–H and O–H groups in total. The van der Waals surface area contributed by atoms with Crippen molar-refractivity contribution < 1.29 is 0 Å². The number of aromatic nitrogens is 2. The molecule has 1 aliphatic rings. The number of nitrogens with one attached hydrogen (secondary N) is 1.